The molecule has 0 aliphatic heterocycles. The normalized spacial score (nSPS) is 10.7. The van der Waals surface area contributed by atoms with E-state index in [9.17, 15) is 4.79 Å². The molecule has 0 unspecified atom stereocenters. The molecule has 5 nitrogen and oxygen atoms in total. The van der Waals surface area contributed by atoms with Crippen molar-refractivity contribution in [1.29, 1.82) is 0 Å². The molecule has 2 aromatic heterocycles. The second-order valence-corrected chi connectivity index (χ2v) is 4.49. The Bertz CT molecular complexity index is 810. The minimum Gasteiger partial charge on any atom is -0.373 e. The number of anilines is 1. The van der Waals surface area contributed by atoms with E-state index in [0.29, 0.717) is 6.54 Å². The van der Waals surface area contributed by atoms with Crippen molar-refractivity contribution in [3.8, 4) is 0 Å². The zero-order valence-electron chi connectivity index (χ0n) is 11.1. The van der Waals surface area contributed by atoms with Gasteiger partial charge in [-0.25, -0.2) is 9.97 Å². The van der Waals surface area contributed by atoms with Gasteiger partial charge in [-0.05, 0) is 12.1 Å². The van der Waals surface area contributed by atoms with Crippen molar-refractivity contribution >= 4 is 16.7 Å². The number of nitrogens with zero attached hydrogens (tertiary/aromatic N) is 3. The third-order valence-corrected chi connectivity index (χ3v) is 3.17. The molecule has 5 heteroatoms. The SMILES string of the molecule is CNc1nc2ccccc2cc1Cn1cnccc1=O. The monoisotopic (exact) mass is 266 g/mol. The molecule has 0 bridgehead atoms. The number of hydrogen-bond acceptors (Lipinski definition) is 4. The van der Waals surface area contributed by atoms with E-state index in [1.165, 1.54) is 18.6 Å². The molecule has 1 N–H and O–H groups in total. The summed E-state index contributed by atoms with van der Waals surface area (Å²) in [6, 6.07) is 11.4. The number of pyridine rings is 1. The zero-order chi connectivity index (χ0) is 13.9. The smallest absolute Gasteiger partial charge is 0.253 e. The van der Waals surface area contributed by atoms with Gasteiger partial charge in [-0.15, -0.1) is 0 Å². The van der Waals surface area contributed by atoms with Gasteiger partial charge in [-0.1, -0.05) is 18.2 Å². The van der Waals surface area contributed by atoms with Gasteiger partial charge in [0, 0.05) is 30.3 Å². The van der Waals surface area contributed by atoms with Crippen LogP contribution in [0.25, 0.3) is 10.9 Å². The Morgan fingerprint density at radius 3 is 2.90 bits per heavy atom. The highest BCUT2D eigenvalue weighted by molar-refractivity contribution is 5.81. The molecule has 2 heterocycles. The molecule has 0 amide bonds. The third-order valence-electron chi connectivity index (χ3n) is 3.17. The van der Waals surface area contributed by atoms with E-state index in [2.05, 4.69) is 15.3 Å². The molecule has 20 heavy (non-hydrogen) atoms. The Kier molecular flexibility index (Phi) is 3.16. The van der Waals surface area contributed by atoms with E-state index in [1.807, 2.05) is 37.4 Å². The first kappa shape index (κ1) is 12.3. The highest BCUT2D eigenvalue weighted by Crippen LogP contribution is 2.20. The Morgan fingerprint density at radius 2 is 2.10 bits per heavy atom. The number of benzene rings is 1. The van der Waals surface area contributed by atoms with Gasteiger partial charge < -0.3 is 5.32 Å². The van der Waals surface area contributed by atoms with Crippen molar-refractivity contribution < 1.29 is 0 Å². The number of fused-ring (bicyclic) bond motifs is 1. The first-order valence-electron chi connectivity index (χ1n) is 6.35. The number of aromatic nitrogens is 3. The van der Waals surface area contributed by atoms with Gasteiger partial charge in [0.1, 0.15) is 5.82 Å². The van der Waals surface area contributed by atoms with Crippen LogP contribution in [0.15, 0.2) is 53.7 Å². The number of nitrogens with one attached hydrogen (secondary N) is 1. The molecular formula is C15H14N4O. The quantitative estimate of drug-likeness (QED) is 0.786. The molecule has 0 fully saturated rings. The van der Waals surface area contributed by atoms with Gasteiger partial charge in [0.25, 0.3) is 5.56 Å². The minimum absolute atomic E-state index is 0.0739. The number of para-hydroxylation sites is 1. The molecule has 0 aliphatic rings. The van der Waals surface area contributed by atoms with Gasteiger partial charge in [-0.3, -0.25) is 9.36 Å². The summed E-state index contributed by atoms with van der Waals surface area (Å²) < 4.78 is 1.56. The van der Waals surface area contributed by atoms with Gasteiger partial charge >= 0.3 is 0 Å². The summed E-state index contributed by atoms with van der Waals surface area (Å²) in [7, 11) is 1.83. The lowest BCUT2D eigenvalue weighted by Crippen LogP contribution is -2.20. The van der Waals surface area contributed by atoms with Crippen LogP contribution in [-0.2, 0) is 6.54 Å². The van der Waals surface area contributed by atoms with Gasteiger partial charge in [0.15, 0.2) is 0 Å². The molecule has 3 aromatic rings. The van der Waals surface area contributed by atoms with Crippen LogP contribution in [0.5, 0.6) is 0 Å². The fourth-order valence-electron chi connectivity index (χ4n) is 2.18. The van der Waals surface area contributed by atoms with Crippen molar-refractivity contribution in [2.24, 2.45) is 0 Å². The van der Waals surface area contributed by atoms with Gasteiger partial charge in [-0.2, -0.15) is 0 Å². The predicted octanol–water partition coefficient (Wildman–Crippen LogP) is 1.88. The van der Waals surface area contributed by atoms with Crippen molar-refractivity contribution in [3.63, 3.8) is 0 Å². The molecule has 100 valence electrons. The summed E-state index contributed by atoms with van der Waals surface area (Å²) >= 11 is 0. The van der Waals surface area contributed by atoms with Crippen molar-refractivity contribution in [3.05, 3.63) is 64.8 Å². The molecule has 0 radical (unpaired) electrons. The topological polar surface area (TPSA) is 59.8 Å². The van der Waals surface area contributed by atoms with Crippen LogP contribution in [0, 0.1) is 0 Å². The Labute approximate surface area is 115 Å². The lowest BCUT2D eigenvalue weighted by Gasteiger charge is -2.11. The highest BCUT2D eigenvalue weighted by atomic mass is 16.1. The van der Waals surface area contributed by atoms with Crippen LogP contribution in [0.4, 0.5) is 5.82 Å². The van der Waals surface area contributed by atoms with E-state index >= 15 is 0 Å². The fourth-order valence-corrected chi connectivity index (χ4v) is 2.18. The van der Waals surface area contributed by atoms with Crippen LogP contribution in [0.3, 0.4) is 0 Å². The van der Waals surface area contributed by atoms with E-state index < -0.39 is 0 Å². The van der Waals surface area contributed by atoms with Gasteiger partial charge in [0.2, 0.25) is 0 Å². The number of rotatable bonds is 3. The highest BCUT2D eigenvalue weighted by Gasteiger charge is 2.07. The number of hydrogen-bond donors (Lipinski definition) is 1. The maximum Gasteiger partial charge on any atom is 0.253 e. The van der Waals surface area contributed by atoms with Crippen LogP contribution >= 0.6 is 0 Å². The molecule has 0 saturated heterocycles. The van der Waals surface area contributed by atoms with Crippen molar-refractivity contribution in [1.82, 2.24) is 14.5 Å². The molecule has 1 aromatic carbocycles. The van der Waals surface area contributed by atoms with E-state index in [0.717, 1.165) is 22.3 Å². The Balaban J connectivity index is 2.10. The summed E-state index contributed by atoms with van der Waals surface area (Å²) in [4.78, 5) is 20.3. The minimum atomic E-state index is -0.0739. The first-order chi connectivity index (χ1) is 9.78. The molecule has 0 aliphatic carbocycles. The fraction of sp³-hybridized carbons (Fsp3) is 0.133. The van der Waals surface area contributed by atoms with E-state index in [1.54, 1.807) is 4.57 Å². The molecule has 3 rings (SSSR count). The first-order valence-corrected chi connectivity index (χ1v) is 6.35. The third kappa shape index (κ3) is 2.25. The van der Waals surface area contributed by atoms with Crippen molar-refractivity contribution in [2.45, 2.75) is 6.54 Å². The summed E-state index contributed by atoms with van der Waals surface area (Å²) in [5.74, 6) is 0.777. The average molecular weight is 266 g/mol. The van der Waals surface area contributed by atoms with Crippen molar-refractivity contribution in [2.75, 3.05) is 12.4 Å². The standard InChI is InChI=1S/C15H14N4O/c1-16-15-12(9-19-10-17-7-6-14(19)20)8-11-4-2-3-5-13(11)18-15/h2-8,10H,9H2,1H3,(H,16,18). The summed E-state index contributed by atoms with van der Waals surface area (Å²) in [6.45, 7) is 0.445. The predicted molar refractivity (Wildman–Crippen MR) is 78.9 cm³/mol. The molecule has 0 spiro atoms. The second kappa shape index (κ2) is 5.13. The molecule has 0 saturated carbocycles. The average Bonchev–Trinajstić information content (AvgIpc) is 2.49. The largest absolute Gasteiger partial charge is 0.373 e. The van der Waals surface area contributed by atoms with Crippen LogP contribution in [0.2, 0.25) is 0 Å². The lowest BCUT2D eigenvalue weighted by atomic mass is 10.1. The van der Waals surface area contributed by atoms with E-state index in [-0.39, 0.29) is 5.56 Å². The summed E-state index contributed by atoms with van der Waals surface area (Å²) in [5, 5.41) is 4.13. The summed E-state index contributed by atoms with van der Waals surface area (Å²) in [6.07, 6.45) is 3.04. The Morgan fingerprint density at radius 1 is 1.25 bits per heavy atom. The van der Waals surface area contributed by atoms with Gasteiger partial charge in [0.05, 0.1) is 18.4 Å². The van der Waals surface area contributed by atoms with Crippen LogP contribution in [0.1, 0.15) is 5.56 Å². The Hall–Kier alpha value is -2.69. The lowest BCUT2D eigenvalue weighted by molar-refractivity contribution is 0.736. The maximum absolute atomic E-state index is 11.8. The molecule has 0 atom stereocenters. The maximum atomic E-state index is 11.8. The van der Waals surface area contributed by atoms with Crippen LogP contribution < -0.4 is 10.9 Å². The second-order valence-electron chi connectivity index (χ2n) is 4.49. The summed E-state index contributed by atoms with van der Waals surface area (Å²) in [5.41, 5.74) is 1.82. The van der Waals surface area contributed by atoms with Crippen LogP contribution in [-0.4, -0.2) is 21.6 Å². The van der Waals surface area contributed by atoms with E-state index in [4.69, 9.17) is 0 Å². The zero-order valence-corrected chi connectivity index (χ0v) is 11.1. The molecular weight excluding hydrogens is 252 g/mol.